The van der Waals surface area contributed by atoms with Gasteiger partial charge >= 0.3 is 12.1 Å². The summed E-state index contributed by atoms with van der Waals surface area (Å²) in [5.74, 6) is -1.88. The quantitative estimate of drug-likeness (QED) is 0.276. The Morgan fingerprint density at radius 1 is 1.11 bits per heavy atom. The van der Waals surface area contributed by atoms with Crippen LogP contribution in [0.4, 0.5) is 4.79 Å². The molecule has 12 heteroatoms. The molecule has 246 valence electrons. The van der Waals surface area contributed by atoms with Gasteiger partial charge in [0.2, 0.25) is 11.8 Å². The summed E-state index contributed by atoms with van der Waals surface area (Å²) < 4.78 is 11.1. The highest BCUT2D eigenvalue weighted by atomic mass is 16.6. The highest BCUT2D eigenvalue weighted by Crippen LogP contribution is 2.46. The van der Waals surface area contributed by atoms with E-state index in [2.05, 4.69) is 16.0 Å². The van der Waals surface area contributed by atoms with Gasteiger partial charge in [-0.15, -0.1) is 0 Å². The standard InChI is InChI=1S/C33H47N5O7/c1-5-35-27(39)22-15-13-21(14-16-22)20-44-30(42)33-18-23(33)11-9-7-6-8-10-12-25(36-31(43)45-32(2,3)4)29(41)38-19-24(34)17-26(38)28(40)37-33/h9,11,13-16,23-26H,5-8,10,12,17-20,34H2,1-4H3,(H,35,39)(H,36,43)(H,37,40)/b11-9-/t23-,24-,25+,26+,33-/m1/s1. The van der Waals surface area contributed by atoms with Gasteiger partial charge in [-0.2, -0.15) is 0 Å². The average molecular weight is 626 g/mol. The van der Waals surface area contributed by atoms with Crippen LogP contribution in [-0.4, -0.2) is 77.0 Å². The van der Waals surface area contributed by atoms with Crippen molar-refractivity contribution >= 4 is 29.8 Å². The zero-order valence-electron chi connectivity index (χ0n) is 26.7. The van der Waals surface area contributed by atoms with Crippen LogP contribution in [0.5, 0.6) is 0 Å². The molecule has 0 aromatic heterocycles. The van der Waals surface area contributed by atoms with E-state index in [4.69, 9.17) is 15.2 Å². The Hall–Kier alpha value is -3.93. The maximum absolute atomic E-state index is 13.8. The van der Waals surface area contributed by atoms with Gasteiger partial charge in [-0.1, -0.05) is 37.1 Å². The van der Waals surface area contributed by atoms with E-state index >= 15 is 0 Å². The van der Waals surface area contributed by atoms with Crippen molar-refractivity contribution in [2.75, 3.05) is 13.1 Å². The molecule has 4 rings (SSSR count). The molecule has 12 nitrogen and oxygen atoms in total. The van der Waals surface area contributed by atoms with Gasteiger partial charge in [0.25, 0.3) is 5.91 Å². The van der Waals surface area contributed by atoms with E-state index in [0.29, 0.717) is 36.9 Å². The van der Waals surface area contributed by atoms with Crippen molar-refractivity contribution < 1.29 is 33.4 Å². The van der Waals surface area contributed by atoms with Crippen LogP contribution in [0, 0.1) is 5.92 Å². The second-order valence-electron chi connectivity index (χ2n) is 13.2. The number of ether oxygens (including phenoxy) is 2. The van der Waals surface area contributed by atoms with E-state index in [0.717, 1.165) is 19.3 Å². The fraction of sp³-hybridized carbons (Fsp3) is 0.606. The number of esters is 1. The van der Waals surface area contributed by atoms with Crippen molar-refractivity contribution in [3.8, 4) is 0 Å². The lowest BCUT2D eigenvalue weighted by Crippen LogP contribution is -2.56. The zero-order valence-corrected chi connectivity index (χ0v) is 26.7. The second kappa shape index (κ2) is 14.4. The minimum Gasteiger partial charge on any atom is -0.459 e. The van der Waals surface area contributed by atoms with E-state index in [1.165, 1.54) is 4.90 Å². The number of carbonyl (C=O) groups excluding carboxylic acids is 5. The van der Waals surface area contributed by atoms with Gasteiger partial charge in [0, 0.05) is 30.6 Å². The lowest BCUT2D eigenvalue weighted by atomic mass is 10.0. The highest BCUT2D eigenvalue weighted by molar-refractivity contribution is 5.97. The molecule has 0 unspecified atom stereocenters. The van der Waals surface area contributed by atoms with Crippen molar-refractivity contribution in [1.82, 2.24) is 20.9 Å². The first kappa shape index (κ1) is 34.0. The second-order valence-corrected chi connectivity index (χ2v) is 13.2. The molecular formula is C33H47N5O7. The Morgan fingerprint density at radius 2 is 1.84 bits per heavy atom. The fourth-order valence-electron chi connectivity index (χ4n) is 5.86. The Morgan fingerprint density at radius 3 is 2.53 bits per heavy atom. The first-order chi connectivity index (χ1) is 21.3. The summed E-state index contributed by atoms with van der Waals surface area (Å²) in [5.41, 5.74) is 5.45. The molecule has 1 saturated heterocycles. The number of nitrogens with two attached hydrogens (primary N) is 1. The Bertz CT molecular complexity index is 1290. The van der Waals surface area contributed by atoms with Gasteiger partial charge in [-0.3, -0.25) is 14.4 Å². The van der Waals surface area contributed by atoms with Crippen molar-refractivity contribution in [2.45, 2.75) is 109 Å². The molecule has 5 atom stereocenters. The van der Waals surface area contributed by atoms with Crippen LogP contribution in [0.15, 0.2) is 36.4 Å². The van der Waals surface area contributed by atoms with E-state index in [-0.39, 0.29) is 31.4 Å². The molecule has 2 heterocycles. The maximum atomic E-state index is 13.8. The molecule has 1 aliphatic carbocycles. The number of alkyl carbamates (subject to hydrolysis) is 1. The molecule has 0 radical (unpaired) electrons. The molecule has 4 amide bonds. The molecule has 2 fully saturated rings. The normalized spacial score (nSPS) is 27.9. The largest absolute Gasteiger partial charge is 0.459 e. The lowest BCUT2D eigenvalue weighted by molar-refractivity contribution is -0.151. The summed E-state index contributed by atoms with van der Waals surface area (Å²) in [7, 11) is 0. The summed E-state index contributed by atoms with van der Waals surface area (Å²) in [5, 5.41) is 8.39. The zero-order chi connectivity index (χ0) is 32.8. The third-order valence-corrected chi connectivity index (χ3v) is 8.29. The number of amides is 4. The summed E-state index contributed by atoms with van der Waals surface area (Å²) in [6.07, 6.45) is 7.43. The Balaban J connectivity index is 1.50. The smallest absolute Gasteiger partial charge is 0.408 e. The van der Waals surface area contributed by atoms with Crippen molar-refractivity contribution in [3.05, 3.63) is 47.5 Å². The van der Waals surface area contributed by atoms with Crippen LogP contribution >= 0.6 is 0 Å². The van der Waals surface area contributed by atoms with Gasteiger partial charge < -0.3 is 36.1 Å². The predicted molar refractivity (Wildman–Crippen MR) is 167 cm³/mol. The van der Waals surface area contributed by atoms with Crippen LogP contribution in [0.3, 0.4) is 0 Å². The fourth-order valence-corrected chi connectivity index (χ4v) is 5.86. The molecule has 1 saturated carbocycles. The summed E-state index contributed by atoms with van der Waals surface area (Å²) in [4.78, 5) is 67.2. The van der Waals surface area contributed by atoms with Gasteiger partial charge in [-0.25, -0.2) is 9.59 Å². The topological polar surface area (TPSA) is 169 Å². The molecule has 1 aromatic rings. The molecule has 3 aliphatic rings. The minimum absolute atomic E-state index is 0.0283. The van der Waals surface area contributed by atoms with Gasteiger partial charge in [0.15, 0.2) is 0 Å². The number of hydrogen-bond donors (Lipinski definition) is 4. The Labute approximate surface area is 264 Å². The van der Waals surface area contributed by atoms with Crippen LogP contribution in [0.25, 0.3) is 0 Å². The Kier molecular flexibility index (Phi) is 10.9. The molecule has 5 N–H and O–H groups in total. The summed E-state index contributed by atoms with van der Waals surface area (Å²) in [6.45, 7) is 7.71. The number of nitrogens with zero attached hydrogens (tertiary/aromatic N) is 1. The lowest BCUT2D eigenvalue weighted by Gasteiger charge is -2.30. The number of rotatable bonds is 6. The van der Waals surface area contributed by atoms with Crippen LogP contribution in [0.2, 0.25) is 0 Å². The number of benzene rings is 1. The summed E-state index contributed by atoms with van der Waals surface area (Å²) in [6, 6.07) is 4.55. The van der Waals surface area contributed by atoms with E-state index < -0.39 is 53.1 Å². The average Bonchev–Trinajstić information content (AvgIpc) is 3.52. The first-order valence-electron chi connectivity index (χ1n) is 15.9. The number of fused-ring (bicyclic) bond motifs is 2. The van der Waals surface area contributed by atoms with Crippen molar-refractivity contribution in [2.24, 2.45) is 11.7 Å². The van der Waals surface area contributed by atoms with E-state index in [1.807, 2.05) is 19.1 Å². The molecule has 2 aliphatic heterocycles. The monoisotopic (exact) mass is 625 g/mol. The highest BCUT2D eigenvalue weighted by Gasteiger charge is 2.62. The first-order valence-corrected chi connectivity index (χ1v) is 15.9. The number of allylic oxidation sites excluding steroid dienone is 1. The van der Waals surface area contributed by atoms with Gasteiger partial charge in [0.05, 0.1) is 0 Å². The summed E-state index contributed by atoms with van der Waals surface area (Å²) >= 11 is 0. The number of hydrogen-bond acceptors (Lipinski definition) is 8. The van der Waals surface area contributed by atoms with Crippen LogP contribution < -0.4 is 21.7 Å². The SMILES string of the molecule is CCNC(=O)c1ccc(COC(=O)[C@@]23C[C@H]2/C=C\CCCCC[C@H](NC(=O)OC(C)(C)C)C(=O)N2C[C@H](N)C[C@H]2C(=O)N3)cc1. The predicted octanol–water partition coefficient (Wildman–Crippen LogP) is 2.70. The molecule has 0 bridgehead atoms. The molecule has 45 heavy (non-hydrogen) atoms. The van der Waals surface area contributed by atoms with E-state index in [1.54, 1.807) is 45.0 Å². The number of nitrogens with one attached hydrogen (secondary N) is 3. The van der Waals surface area contributed by atoms with Crippen LogP contribution in [0.1, 0.15) is 88.6 Å². The molecular weight excluding hydrogens is 578 g/mol. The van der Waals surface area contributed by atoms with Crippen molar-refractivity contribution in [1.29, 1.82) is 0 Å². The van der Waals surface area contributed by atoms with Crippen LogP contribution in [-0.2, 0) is 30.5 Å². The van der Waals surface area contributed by atoms with Gasteiger partial charge in [0.1, 0.15) is 29.8 Å². The molecule has 1 aromatic carbocycles. The third kappa shape index (κ3) is 8.84. The maximum Gasteiger partial charge on any atom is 0.408 e. The van der Waals surface area contributed by atoms with Gasteiger partial charge in [-0.05, 0) is 77.5 Å². The number of carbonyl (C=O) groups is 5. The molecule has 0 spiro atoms. The van der Waals surface area contributed by atoms with Crippen molar-refractivity contribution in [3.63, 3.8) is 0 Å². The minimum atomic E-state index is -1.26. The van der Waals surface area contributed by atoms with E-state index in [9.17, 15) is 24.0 Å². The third-order valence-electron chi connectivity index (χ3n) is 8.29.